The van der Waals surface area contributed by atoms with Crippen molar-refractivity contribution in [1.82, 2.24) is 9.97 Å². The summed E-state index contributed by atoms with van der Waals surface area (Å²) in [6.07, 6.45) is 4.61. The molecule has 0 aliphatic heterocycles. The van der Waals surface area contributed by atoms with E-state index in [1.54, 1.807) is 0 Å². The highest BCUT2D eigenvalue weighted by Crippen LogP contribution is 2.39. The highest BCUT2D eigenvalue weighted by Gasteiger charge is 2.28. The molecule has 100 valence electrons. The van der Waals surface area contributed by atoms with Gasteiger partial charge in [-0.25, -0.2) is 15.8 Å². The lowest BCUT2D eigenvalue weighted by Crippen LogP contribution is -2.31. The first-order valence-electron chi connectivity index (χ1n) is 6.68. The van der Waals surface area contributed by atoms with Gasteiger partial charge in [0.25, 0.3) is 0 Å². The smallest absolute Gasteiger partial charge is 0.145 e. The van der Waals surface area contributed by atoms with Crippen molar-refractivity contribution in [2.24, 2.45) is 5.84 Å². The molecular formula is C13H23N5. The van der Waals surface area contributed by atoms with Crippen molar-refractivity contribution in [3.63, 3.8) is 0 Å². The molecule has 0 saturated heterocycles. The predicted octanol–water partition coefficient (Wildman–Crippen LogP) is 2.63. The van der Waals surface area contributed by atoms with Gasteiger partial charge in [-0.1, -0.05) is 13.3 Å². The molecule has 0 atom stereocenters. The Morgan fingerprint density at radius 3 is 2.56 bits per heavy atom. The summed E-state index contributed by atoms with van der Waals surface area (Å²) in [5.41, 5.74) is 2.65. The van der Waals surface area contributed by atoms with Crippen LogP contribution >= 0.6 is 0 Å². The average molecular weight is 249 g/mol. The van der Waals surface area contributed by atoms with E-state index in [1.165, 1.54) is 12.8 Å². The van der Waals surface area contributed by atoms with Crippen LogP contribution in [0.4, 0.5) is 11.6 Å². The largest absolute Gasteiger partial charge is 0.365 e. The number of rotatable bonds is 6. The lowest BCUT2D eigenvalue weighted by Gasteiger charge is -2.26. The van der Waals surface area contributed by atoms with Gasteiger partial charge >= 0.3 is 0 Å². The molecule has 1 fully saturated rings. The Labute approximate surface area is 109 Å². The Bertz CT molecular complexity index is 412. The van der Waals surface area contributed by atoms with E-state index in [0.717, 1.165) is 24.5 Å². The van der Waals surface area contributed by atoms with Crippen LogP contribution in [0.25, 0.3) is 0 Å². The van der Waals surface area contributed by atoms with E-state index in [1.807, 2.05) is 6.07 Å². The first-order chi connectivity index (χ1) is 8.54. The molecule has 5 nitrogen and oxygen atoms in total. The Morgan fingerprint density at radius 2 is 2.00 bits per heavy atom. The van der Waals surface area contributed by atoms with Crippen molar-refractivity contribution < 1.29 is 0 Å². The van der Waals surface area contributed by atoms with Gasteiger partial charge in [-0.05, 0) is 33.1 Å². The van der Waals surface area contributed by atoms with E-state index < -0.39 is 0 Å². The number of hydrogen-bond acceptors (Lipinski definition) is 5. The van der Waals surface area contributed by atoms with Gasteiger partial charge in [-0.15, -0.1) is 0 Å². The lowest BCUT2D eigenvalue weighted by atomic mass is 9.99. The zero-order valence-corrected chi connectivity index (χ0v) is 11.5. The van der Waals surface area contributed by atoms with Crippen molar-refractivity contribution in [3.05, 3.63) is 11.9 Å². The SMILES string of the molecule is CCCC(C)(C)Nc1cc(NN)nc(C2CC2)n1. The van der Waals surface area contributed by atoms with Gasteiger partial charge < -0.3 is 10.7 Å². The summed E-state index contributed by atoms with van der Waals surface area (Å²) in [6.45, 7) is 6.56. The topological polar surface area (TPSA) is 75.9 Å². The molecule has 4 N–H and O–H groups in total. The zero-order valence-electron chi connectivity index (χ0n) is 11.5. The average Bonchev–Trinajstić information content (AvgIpc) is 3.11. The summed E-state index contributed by atoms with van der Waals surface area (Å²) in [5.74, 6) is 8.43. The Kier molecular flexibility index (Phi) is 3.71. The molecule has 0 bridgehead atoms. The maximum absolute atomic E-state index is 5.46. The van der Waals surface area contributed by atoms with Crippen LogP contribution in [0.2, 0.25) is 0 Å². The fraction of sp³-hybridized carbons (Fsp3) is 0.692. The number of anilines is 2. The number of hydrogen-bond donors (Lipinski definition) is 3. The van der Waals surface area contributed by atoms with E-state index in [-0.39, 0.29) is 5.54 Å². The van der Waals surface area contributed by atoms with Crippen LogP contribution in [-0.4, -0.2) is 15.5 Å². The minimum absolute atomic E-state index is 0.0375. The van der Waals surface area contributed by atoms with Crippen LogP contribution in [0.3, 0.4) is 0 Å². The molecule has 1 aliphatic carbocycles. The van der Waals surface area contributed by atoms with Gasteiger partial charge in [-0.3, -0.25) is 0 Å². The first-order valence-corrected chi connectivity index (χ1v) is 6.68. The number of nitrogens with one attached hydrogen (secondary N) is 2. The molecule has 0 aromatic carbocycles. The summed E-state index contributed by atoms with van der Waals surface area (Å²) >= 11 is 0. The van der Waals surface area contributed by atoms with Gasteiger partial charge in [0, 0.05) is 17.5 Å². The van der Waals surface area contributed by atoms with E-state index in [9.17, 15) is 0 Å². The van der Waals surface area contributed by atoms with Crippen LogP contribution < -0.4 is 16.6 Å². The van der Waals surface area contributed by atoms with Crippen LogP contribution in [0.1, 0.15) is 58.2 Å². The van der Waals surface area contributed by atoms with E-state index >= 15 is 0 Å². The molecule has 5 heteroatoms. The second kappa shape index (κ2) is 5.10. The number of nitrogens with zero attached hydrogens (tertiary/aromatic N) is 2. The first kappa shape index (κ1) is 13.1. The summed E-state index contributed by atoms with van der Waals surface area (Å²) in [7, 11) is 0. The molecule has 1 saturated carbocycles. The standard InChI is InChI=1S/C13H23N5/c1-4-7-13(2,3)17-10-8-11(18-14)16-12(15-10)9-5-6-9/h8-9H,4-7,14H2,1-3H3,(H2,15,16,17,18). The molecule has 0 radical (unpaired) electrons. The van der Waals surface area contributed by atoms with Crippen molar-refractivity contribution >= 4 is 11.6 Å². The van der Waals surface area contributed by atoms with Gasteiger partial charge in [0.05, 0.1) is 0 Å². The summed E-state index contributed by atoms with van der Waals surface area (Å²) in [6, 6.07) is 1.86. The molecular weight excluding hydrogens is 226 g/mol. The van der Waals surface area contributed by atoms with Crippen LogP contribution in [-0.2, 0) is 0 Å². The van der Waals surface area contributed by atoms with Gasteiger partial charge in [0.15, 0.2) is 0 Å². The zero-order chi connectivity index (χ0) is 13.2. The molecule has 2 rings (SSSR count). The van der Waals surface area contributed by atoms with Crippen molar-refractivity contribution in [3.8, 4) is 0 Å². The quantitative estimate of drug-likeness (QED) is 0.534. The molecule has 0 amide bonds. The van der Waals surface area contributed by atoms with Crippen LogP contribution in [0, 0.1) is 0 Å². The third kappa shape index (κ3) is 3.32. The number of nitrogens with two attached hydrogens (primary N) is 1. The van der Waals surface area contributed by atoms with Crippen LogP contribution in [0.15, 0.2) is 6.07 Å². The third-order valence-electron chi connectivity index (χ3n) is 3.18. The van der Waals surface area contributed by atoms with Crippen LogP contribution in [0.5, 0.6) is 0 Å². The van der Waals surface area contributed by atoms with E-state index in [4.69, 9.17) is 5.84 Å². The number of hydrazine groups is 1. The molecule has 0 unspecified atom stereocenters. The maximum atomic E-state index is 5.46. The minimum Gasteiger partial charge on any atom is -0.365 e. The summed E-state index contributed by atoms with van der Waals surface area (Å²) in [5, 5.41) is 3.47. The Balaban J connectivity index is 2.18. The lowest BCUT2D eigenvalue weighted by molar-refractivity contribution is 0.508. The van der Waals surface area contributed by atoms with Gasteiger partial charge in [0.1, 0.15) is 17.5 Å². The second-order valence-electron chi connectivity index (χ2n) is 5.67. The molecule has 1 aromatic rings. The van der Waals surface area contributed by atoms with E-state index in [2.05, 4.69) is 41.5 Å². The summed E-state index contributed by atoms with van der Waals surface area (Å²) in [4.78, 5) is 9.00. The fourth-order valence-electron chi connectivity index (χ4n) is 2.16. The molecule has 18 heavy (non-hydrogen) atoms. The predicted molar refractivity (Wildman–Crippen MR) is 74.4 cm³/mol. The third-order valence-corrected chi connectivity index (χ3v) is 3.18. The fourth-order valence-corrected chi connectivity index (χ4v) is 2.16. The second-order valence-corrected chi connectivity index (χ2v) is 5.67. The monoisotopic (exact) mass is 249 g/mol. The highest BCUT2D eigenvalue weighted by molar-refractivity contribution is 5.48. The maximum Gasteiger partial charge on any atom is 0.145 e. The van der Waals surface area contributed by atoms with Crippen molar-refractivity contribution in [2.45, 2.75) is 57.9 Å². The molecule has 1 heterocycles. The minimum atomic E-state index is 0.0375. The number of aromatic nitrogens is 2. The highest BCUT2D eigenvalue weighted by atomic mass is 15.3. The Hall–Kier alpha value is -1.36. The van der Waals surface area contributed by atoms with Crippen molar-refractivity contribution in [2.75, 3.05) is 10.7 Å². The molecule has 1 aliphatic rings. The Morgan fingerprint density at radius 1 is 1.33 bits per heavy atom. The molecule has 1 aromatic heterocycles. The van der Waals surface area contributed by atoms with Gasteiger partial charge in [-0.2, -0.15) is 0 Å². The molecule has 0 spiro atoms. The van der Waals surface area contributed by atoms with Gasteiger partial charge in [0.2, 0.25) is 0 Å². The summed E-state index contributed by atoms with van der Waals surface area (Å²) < 4.78 is 0. The van der Waals surface area contributed by atoms with Crippen molar-refractivity contribution in [1.29, 1.82) is 0 Å². The number of nitrogen functional groups attached to an aromatic ring is 1. The van der Waals surface area contributed by atoms with E-state index in [0.29, 0.717) is 11.7 Å². The normalized spacial score (nSPS) is 15.6.